The third-order valence-corrected chi connectivity index (χ3v) is 3.38. The van der Waals surface area contributed by atoms with Crippen molar-refractivity contribution < 1.29 is 14.6 Å². The van der Waals surface area contributed by atoms with Crippen LogP contribution in [-0.2, 0) is 4.79 Å². The van der Waals surface area contributed by atoms with Crippen molar-refractivity contribution in [3.8, 4) is 5.75 Å². The van der Waals surface area contributed by atoms with Crippen molar-refractivity contribution in [1.82, 2.24) is 0 Å². The van der Waals surface area contributed by atoms with Crippen LogP contribution in [0.1, 0.15) is 5.56 Å². The van der Waals surface area contributed by atoms with Gasteiger partial charge >= 0.3 is 0 Å². The number of halogens is 1. The molecule has 2 aromatic rings. The van der Waals surface area contributed by atoms with E-state index in [-0.39, 0.29) is 0 Å². The van der Waals surface area contributed by atoms with E-state index in [2.05, 4.69) is 0 Å². The van der Waals surface area contributed by atoms with Gasteiger partial charge in [-0.2, -0.15) is 0 Å². The van der Waals surface area contributed by atoms with Crippen LogP contribution in [0.25, 0.3) is 0 Å². The summed E-state index contributed by atoms with van der Waals surface area (Å²) in [6.07, 6.45) is 0. The molecule has 0 saturated heterocycles. The van der Waals surface area contributed by atoms with Crippen LogP contribution in [0.4, 0.5) is 11.4 Å². The van der Waals surface area contributed by atoms with E-state index in [1.165, 1.54) is 4.90 Å². The molecule has 0 aliphatic rings. The Balaban J connectivity index is 2.52. The molecule has 0 heterocycles. The molecule has 0 bridgehead atoms. The lowest BCUT2D eigenvalue weighted by Crippen LogP contribution is -2.28. The number of hydrogen-bond donors (Lipinski definition) is 1. The minimum Gasteiger partial charge on any atom is -0.497 e. The third-order valence-electron chi connectivity index (χ3n) is 3.06. The van der Waals surface area contributed by atoms with E-state index < -0.39 is 12.5 Å². The zero-order chi connectivity index (χ0) is 15.4. The maximum Gasteiger partial charge on any atom is 0.257 e. The number of carbonyl (C=O) groups is 1. The Hall–Kier alpha value is -2.04. The second kappa shape index (κ2) is 6.61. The van der Waals surface area contributed by atoms with Crippen molar-refractivity contribution in [2.45, 2.75) is 6.92 Å². The first-order valence-electron chi connectivity index (χ1n) is 6.41. The van der Waals surface area contributed by atoms with Gasteiger partial charge < -0.3 is 9.84 Å². The highest BCUT2D eigenvalue weighted by Gasteiger charge is 2.19. The standard InChI is InChI=1S/C16H16ClNO3/c1-11-3-8-14(17)15(9-11)18(16(20)10-19)12-4-6-13(21-2)7-5-12/h3-9,19H,10H2,1-2H3. The number of rotatable bonds is 4. The van der Waals surface area contributed by atoms with Gasteiger partial charge in [0.05, 0.1) is 17.8 Å². The first-order chi connectivity index (χ1) is 10.1. The van der Waals surface area contributed by atoms with E-state index in [4.69, 9.17) is 16.3 Å². The van der Waals surface area contributed by atoms with E-state index in [1.807, 2.05) is 13.0 Å². The molecule has 0 unspecified atom stereocenters. The van der Waals surface area contributed by atoms with Crippen LogP contribution in [0.3, 0.4) is 0 Å². The second-order valence-corrected chi connectivity index (χ2v) is 4.95. The van der Waals surface area contributed by atoms with Gasteiger partial charge in [-0.05, 0) is 48.9 Å². The first kappa shape index (κ1) is 15.4. The van der Waals surface area contributed by atoms with Gasteiger partial charge in [0.15, 0.2) is 0 Å². The highest BCUT2D eigenvalue weighted by Crippen LogP contribution is 2.33. The lowest BCUT2D eigenvalue weighted by molar-refractivity contribution is -0.120. The SMILES string of the molecule is COc1ccc(N(C(=O)CO)c2cc(C)ccc2Cl)cc1. The number of ether oxygens (including phenoxy) is 1. The number of amides is 1. The van der Waals surface area contributed by atoms with Crippen molar-refractivity contribution in [1.29, 1.82) is 0 Å². The lowest BCUT2D eigenvalue weighted by atomic mass is 10.1. The quantitative estimate of drug-likeness (QED) is 0.942. The minimum absolute atomic E-state index is 0.443. The predicted octanol–water partition coefficient (Wildman–Crippen LogP) is 3.31. The van der Waals surface area contributed by atoms with Crippen LogP contribution in [0, 0.1) is 6.92 Å². The molecule has 2 aromatic carbocycles. The average Bonchev–Trinajstić information content (AvgIpc) is 2.51. The van der Waals surface area contributed by atoms with E-state index in [1.54, 1.807) is 43.5 Å². The fourth-order valence-electron chi connectivity index (χ4n) is 2.01. The highest BCUT2D eigenvalue weighted by molar-refractivity contribution is 6.34. The molecule has 0 aliphatic carbocycles. The Bertz CT molecular complexity index is 640. The summed E-state index contributed by atoms with van der Waals surface area (Å²) in [6.45, 7) is 1.31. The van der Waals surface area contributed by atoms with Gasteiger partial charge in [0, 0.05) is 5.69 Å². The molecule has 21 heavy (non-hydrogen) atoms. The van der Waals surface area contributed by atoms with Gasteiger partial charge in [0.1, 0.15) is 12.4 Å². The molecule has 0 aliphatic heterocycles. The van der Waals surface area contributed by atoms with Gasteiger partial charge in [0.2, 0.25) is 0 Å². The van der Waals surface area contributed by atoms with Crippen molar-refractivity contribution >= 4 is 28.9 Å². The summed E-state index contributed by atoms with van der Waals surface area (Å²) in [5, 5.41) is 9.67. The summed E-state index contributed by atoms with van der Waals surface area (Å²) in [7, 11) is 1.57. The summed E-state index contributed by atoms with van der Waals surface area (Å²) < 4.78 is 5.11. The predicted molar refractivity (Wildman–Crippen MR) is 83.4 cm³/mol. The molecule has 0 spiro atoms. The van der Waals surface area contributed by atoms with Crippen molar-refractivity contribution in [2.75, 3.05) is 18.6 Å². The second-order valence-electron chi connectivity index (χ2n) is 4.54. The van der Waals surface area contributed by atoms with Gasteiger partial charge in [-0.15, -0.1) is 0 Å². The summed E-state index contributed by atoms with van der Waals surface area (Å²) in [5.74, 6) is 0.234. The third kappa shape index (κ3) is 3.35. The van der Waals surface area contributed by atoms with Crippen molar-refractivity contribution in [3.05, 3.63) is 53.1 Å². The summed E-state index contributed by atoms with van der Waals surface area (Å²) in [6, 6.07) is 12.4. The van der Waals surface area contributed by atoms with E-state index in [9.17, 15) is 9.90 Å². The Labute approximate surface area is 128 Å². The molecule has 0 fully saturated rings. The molecule has 2 rings (SSSR count). The number of aliphatic hydroxyl groups excluding tert-OH is 1. The molecule has 110 valence electrons. The van der Waals surface area contributed by atoms with Crippen LogP contribution >= 0.6 is 11.6 Å². The van der Waals surface area contributed by atoms with Crippen molar-refractivity contribution in [2.24, 2.45) is 0 Å². The van der Waals surface area contributed by atoms with Gasteiger partial charge in [-0.3, -0.25) is 9.69 Å². The molecule has 0 radical (unpaired) electrons. The van der Waals surface area contributed by atoms with Crippen LogP contribution < -0.4 is 9.64 Å². The van der Waals surface area contributed by atoms with Gasteiger partial charge in [-0.25, -0.2) is 0 Å². The summed E-state index contributed by atoms with van der Waals surface area (Å²) in [4.78, 5) is 13.5. The molecule has 0 saturated carbocycles. The van der Waals surface area contributed by atoms with Crippen LogP contribution in [-0.4, -0.2) is 24.7 Å². The van der Waals surface area contributed by atoms with Crippen molar-refractivity contribution in [3.63, 3.8) is 0 Å². The largest absolute Gasteiger partial charge is 0.497 e. The van der Waals surface area contributed by atoms with Crippen LogP contribution in [0.2, 0.25) is 5.02 Å². The summed E-state index contributed by atoms with van der Waals surface area (Å²) >= 11 is 6.20. The topological polar surface area (TPSA) is 49.8 Å². The molecule has 0 atom stereocenters. The number of methoxy groups -OCH3 is 1. The first-order valence-corrected chi connectivity index (χ1v) is 6.78. The Morgan fingerprint density at radius 3 is 2.48 bits per heavy atom. The number of hydrogen-bond acceptors (Lipinski definition) is 3. The highest BCUT2D eigenvalue weighted by atomic mass is 35.5. The molecule has 5 heteroatoms. The number of aryl methyl sites for hydroxylation is 1. The molecular formula is C16H16ClNO3. The monoisotopic (exact) mass is 305 g/mol. The van der Waals surface area contributed by atoms with Crippen LogP contribution in [0.15, 0.2) is 42.5 Å². The van der Waals surface area contributed by atoms with E-state index in [0.29, 0.717) is 22.1 Å². The lowest BCUT2D eigenvalue weighted by Gasteiger charge is -2.23. The zero-order valence-electron chi connectivity index (χ0n) is 11.8. The van der Waals surface area contributed by atoms with Gasteiger partial charge in [-0.1, -0.05) is 17.7 Å². The molecule has 1 N–H and O–H groups in total. The Kier molecular flexibility index (Phi) is 4.83. The number of anilines is 2. The summed E-state index contributed by atoms with van der Waals surface area (Å²) in [5.41, 5.74) is 2.13. The smallest absolute Gasteiger partial charge is 0.257 e. The molecular weight excluding hydrogens is 290 g/mol. The Morgan fingerprint density at radius 2 is 1.90 bits per heavy atom. The maximum atomic E-state index is 12.1. The molecule has 4 nitrogen and oxygen atoms in total. The fourth-order valence-corrected chi connectivity index (χ4v) is 2.22. The van der Waals surface area contributed by atoms with Crippen LogP contribution in [0.5, 0.6) is 5.75 Å². The number of carbonyl (C=O) groups excluding carboxylic acids is 1. The number of benzene rings is 2. The Morgan fingerprint density at radius 1 is 1.24 bits per heavy atom. The number of nitrogens with zero attached hydrogens (tertiary/aromatic N) is 1. The van der Waals surface area contributed by atoms with E-state index in [0.717, 1.165) is 5.56 Å². The average molecular weight is 306 g/mol. The molecule has 0 aromatic heterocycles. The number of aliphatic hydroxyl groups is 1. The fraction of sp³-hybridized carbons (Fsp3) is 0.188. The minimum atomic E-state index is -0.601. The molecule has 1 amide bonds. The van der Waals surface area contributed by atoms with E-state index >= 15 is 0 Å². The normalized spacial score (nSPS) is 10.3. The zero-order valence-corrected chi connectivity index (χ0v) is 12.6. The maximum absolute atomic E-state index is 12.1. The van der Waals surface area contributed by atoms with Gasteiger partial charge in [0.25, 0.3) is 5.91 Å².